The number of hydrogen-bond acceptors (Lipinski definition) is 6. The number of nitrogens with zero attached hydrogens (tertiary/aromatic N) is 1. The molecule has 1 aromatic rings. The van der Waals surface area contributed by atoms with E-state index in [1.54, 1.807) is 31.2 Å². The third kappa shape index (κ3) is 3.72. The van der Waals surface area contributed by atoms with Crippen molar-refractivity contribution in [3.63, 3.8) is 0 Å². The molecule has 0 aliphatic heterocycles. The molecule has 1 fully saturated rings. The first-order valence-electron chi connectivity index (χ1n) is 7.90. The van der Waals surface area contributed by atoms with Gasteiger partial charge in [-0.1, -0.05) is 12.1 Å². The number of carbonyl (C=O) groups is 2. The molecule has 0 amide bonds. The predicted molar refractivity (Wildman–Crippen MR) is 85.4 cm³/mol. The normalized spacial score (nSPS) is 25.9. The fourth-order valence-corrected chi connectivity index (χ4v) is 3.56. The Kier molecular flexibility index (Phi) is 5.89. The molecule has 0 saturated heterocycles. The monoisotopic (exact) mass is 335 g/mol. The van der Waals surface area contributed by atoms with Crippen molar-refractivity contribution in [3.05, 3.63) is 39.9 Å². The lowest BCUT2D eigenvalue weighted by molar-refractivity contribution is -0.532. The van der Waals surface area contributed by atoms with E-state index in [4.69, 9.17) is 9.47 Å². The summed E-state index contributed by atoms with van der Waals surface area (Å²) in [5.41, 5.74) is 0.680. The van der Waals surface area contributed by atoms with Crippen molar-refractivity contribution < 1.29 is 24.0 Å². The van der Waals surface area contributed by atoms with Crippen LogP contribution in [0.5, 0.6) is 5.75 Å². The van der Waals surface area contributed by atoms with E-state index >= 15 is 0 Å². The number of ether oxygens (including phenoxy) is 2. The summed E-state index contributed by atoms with van der Waals surface area (Å²) in [5.74, 6) is -1.50. The van der Waals surface area contributed by atoms with E-state index in [0.29, 0.717) is 17.7 Å². The van der Waals surface area contributed by atoms with Gasteiger partial charge in [0.1, 0.15) is 12.0 Å². The largest absolute Gasteiger partial charge is 0.497 e. The van der Waals surface area contributed by atoms with Gasteiger partial charge in [-0.05, 0) is 31.0 Å². The molecule has 0 bridgehead atoms. The Morgan fingerprint density at radius 1 is 1.46 bits per heavy atom. The zero-order valence-electron chi connectivity index (χ0n) is 13.7. The highest BCUT2D eigenvalue weighted by Crippen LogP contribution is 2.45. The first-order valence-corrected chi connectivity index (χ1v) is 7.90. The van der Waals surface area contributed by atoms with E-state index in [9.17, 15) is 19.7 Å². The smallest absolute Gasteiger partial charge is 0.306 e. The van der Waals surface area contributed by atoms with Gasteiger partial charge in [0, 0.05) is 16.8 Å². The zero-order chi connectivity index (χ0) is 17.7. The van der Waals surface area contributed by atoms with Crippen LogP contribution in [0.15, 0.2) is 24.3 Å². The van der Waals surface area contributed by atoms with Crippen molar-refractivity contribution in [1.29, 1.82) is 0 Å². The Morgan fingerprint density at radius 3 is 2.79 bits per heavy atom. The van der Waals surface area contributed by atoms with E-state index in [0.717, 1.165) is 6.29 Å². The molecular weight excluding hydrogens is 314 g/mol. The standard InChI is InChI=1S/C17H21NO6/c1-3-24-15(20)9-12-7-13(10-19)16(17(12)18(21)22)11-5-4-6-14(8-11)23-2/h4-6,8,10,12-13,16-17H,3,7,9H2,1-2H3/t12-,13+,16+,17+/m1/s1. The fraction of sp³-hybridized carbons (Fsp3) is 0.529. The average molecular weight is 335 g/mol. The molecule has 4 atom stereocenters. The summed E-state index contributed by atoms with van der Waals surface area (Å²) in [6.45, 7) is 1.91. The van der Waals surface area contributed by atoms with Crippen LogP contribution in [-0.2, 0) is 14.3 Å². The molecule has 24 heavy (non-hydrogen) atoms. The molecule has 0 aromatic heterocycles. The van der Waals surface area contributed by atoms with Crippen LogP contribution in [0, 0.1) is 22.0 Å². The van der Waals surface area contributed by atoms with Crippen molar-refractivity contribution in [2.45, 2.75) is 31.7 Å². The number of benzene rings is 1. The number of esters is 1. The van der Waals surface area contributed by atoms with Crippen molar-refractivity contribution in [2.75, 3.05) is 13.7 Å². The van der Waals surface area contributed by atoms with Gasteiger partial charge >= 0.3 is 5.97 Å². The highest BCUT2D eigenvalue weighted by atomic mass is 16.6. The lowest BCUT2D eigenvalue weighted by Gasteiger charge is -2.19. The molecule has 0 N–H and O–H groups in total. The van der Waals surface area contributed by atoms with Gasteiger partial charge in [0.2, 0.25) is 6.04 Å². The van der Waals surface area contributed by atoms with Crippen LogP contribution < -0.4 is 4.74 Å². The summed E-state index contributed by atoms with van der Waals surface area (Å²) in [7, 11) is 1.51. The number of methoxy groups -OCH3 is 1. The molecule has 0 radical (unpaired) electrons. The minimum atomic E-state index is -1.00. The maximum atomic E-state index is 11.8. The molecule has 0 spiro atoms. The molecule has 130 valence electrons. The summed E-state index contributed by atoms with van der Waals surface area (Å²) in [5, 5.41) is 11.7. The second-order valence-corrected chi connectivity index (χ2v) is 5.88. The first kappa shape index (κ1) is 17.9. The van der Waals surface area contributed by atoms with Crippen LogP contribution in [0.2, 0.25) is 0 Å². The molecule has 1 saturated carbocycles. The van der Waals surface area contributed by atoms with Crippen LogP contribution in [0.3, 0.4) is 0 Å². The third-order valence-corrected chi connectivity index (χ3v) is 4.52. The van der Waals surface area contributed by atoms with Gasteiger partial charge in [-0.2, -0.15) is 0 Å². The highest BCUT2D eigenvalue weighted by Gasteiger charge is 2.52. The minimum Gasteiger partial charge on any atom is -0.497 e. The molecule has 7 heteroatoms. The van der Waals surface area contributed by atoms with Crippen molar-refractivity contribution in [2.24, 2.45) is 11.8 Å². The van der Waals surface area contributed by atoms with Crippen LogP contribution in [0.25, 0.3) is 0 Å². The summed E-state index contributed by atoms with van der Waals surface area (Å²) in [6, 6.07) is 5.95. The quantitative estimate of drug-likeness (QED) is 0.328. The number of hydrogen-bond donors (Lipinski definition) is 0. The molecular formula is C17H21NO6. The number of aldehydes is 1. The molecule has 1 aliphatic carbocycles. The Balaban J connectivity index is 2.34. The second-order valence-electron chi connectivity index (χ2n) is 5.88. The van der Waals surface area contributed by atoms with Gasteiger partial charge in [-0.25, -0.2) is 0 Å². The number of carbonyl (C=O) groups excluding carboxylic acids is 2. The Bertz CT molecular complexity index is 617. The van der Waals surface area contributed by atoms with Crippen LogP contribution in [0.4, 0.5) is 0 Å². The van der Waals surface area contributed by atoms with Crippen molar-refractivity contribution >= 4 is 12.3 Å². The molecule has 2 rings (SSSR count). The van der Waals surface area contributed by atoms with E-state index in [1.165, 1.54) is 7.11 Å². The van der Waals surface area contributed by atoms with E-state index in [1.807, 2.05) is 0 Å². The second kappa shape index (κ2) is 7.90. The fourth-order valence-electron chi connectivity index (χ4n) is 3.56. The van der Waals surface area contributed by atoms with Gasteiger partial charge in [0.05, 0.1) is 26.1 Å². The van der Waals surface area contributed by atoms with Crippen LogP contribution in [-0.4, -0.2) is 36.9 Å². The van der Waals surface area contributed by atoms with Crippen molar-refractivity contribution in [3.8, 4) is 5.75 Å². The Morgan fingerprint density at radius 2 is 2.21 bits per heavy atom. The third-order valence-electron chi connectivity index (χ3n) is 4.52. The maximum Gasteiger partial charge on any atom is 0.306 e. The van der Waals surface area contributed by atoms with Gasteiger partial charge in [-0.3, -0.25) is 14.9 Å². The lowest BCUT2D eigenvalue weighted by Crippen LogP contribution is -2.32. The molecule has 1 aliphatic rings. The maximum absolute atomic E-state index is 11.8. The van der Waals surface area contributed by atoms with Crippen molar-refractivity contribution in [1.82, 2.24) is 0 Å². The summed E-state index contributed by atoms with van der Waals surface area (Å²) in [6.07, 6.45) is 1.01. The van der Waals surface area contributed by atoms with E-state index < -0.39 is 29.8 Å². The highest BCUT2D eigenvalue weighted by molar-refractivity contribution is 5.70. The zero-order valence-corrected chi connectivity index (χ0v) is 13.7. The minimum absolute atomic E-state index is 0.0513. The Hall–Kier alpha value is -2.44. The topological polar surface area (TPSA) is 95.7 Å². The molecule has 0 heterocycles. The van der Waals surface area contributed by atoms with Gasteiger partial charge in [0.15, 0.2) is 0 Å². The summed E-state index contributed by atoms with van der Waals surface area (Å²) >= 11 is 0. The lowest BCUT2D eigenvalue weighted by atomic mass is 9.86. The predicted octanol–water partition coefficient (Wildman–Crippen LogP) is 2.21. The first-order chi connectivity index (χ1) is 11.5. The van der Waals surface area contributed by atoms with Gasteiger partial charge in [-0.15, -0.1) is 0 Å². The SMILES string of the molecule is CCOC(=O)C[C@H]1C[C@@H](C=O)[C@H](c2cccc(OC)c2)[C@H]1[N+](=O)[O-]. The summed E-state index contributed by atoms with van der Waals surface area (Å²) < 4.78 is 10.1. The molecule has 1 aromatic carbocycles. The van der Waals surface area contributed by atoms with E-state index in [2.05, 4.69) is 0 Å². The Labute approximate surface area is 140 Å². The molecule has 0 unspecified atom stereocenters. The van der Waals surface area contributed by atoms with Gasteiger partial charge < -0.3 is 14.3 Å². The molecule has 7 nitrogen and oxygen atoms in total. The number of rotatable bonds is 7. The number of nitro groups is 1. The summed E-state index contributed by atoms with van der Waals surface area (Å²) in [4.78, 5) is 34.5. The van der Waals surface area contributed by atoms with Crippen LogP contribution in [0.1, 0.15) is 31.2 Å². The van der Waals surface area contributed by atoms with Crippen LogP contribution >= 0.6 is 0 Å². The average Bonchev–Trinajstić information content (AvgIpc) is 2.93. The van der Waals surface area contributed by atoms with E-state index in [-0.39, 0.29) is 18.0 Å². The van der Waals surface area contributed by atoms with Gasteiger partial charge in [0.25, 0.3) is 0 Å².